The molecule has 2 aromatic heterocycles. The minimum atomic E-state index is -2.99. The van der Waals surface area contributed by atoms with E-state index in [9.17, 15) is 13.6 Å². The fourth-order valence-electron chi connectivity index (χ4n) is 1.55. The lowest BCUT2D eigenvalue weighted by Crippen LogP contribution is -2.09. The van der Waals surface area contributed by atoms with Crippen LogP contribution in [0.3, 0.4) is 0 Å². The molecule has 0 aromatic carbocycles. The summed E-state index contributed by atoms with van der Waals surface area (Å²) in [6.45, 7) is -1.19. The highest BCUT2D eigenvalue weighted by Gasteiger charge is 2.16. The smallest absolute Gasteiger partial charge is 0.387 e. The van der Waals surface area contributed by atoms with Crippen molar-refractivity contribution in [2.75, 3.05) is 6.61 Å². The van der Waals surface area contributed by atoms with Gasteiger partial charge in [-0.15, -0.1) is 0 Å². The molecule has 0 aliphatic heterocycles. The Hall–Kier alpha value is -2.31. The van der Waals surface area contributed by atoms with Crippen LogP contribution in [0, 0.1) is 0 Å². The second kappa shape index (κ2) is 5.55. The number of aromatic nitrogens is 2. The summed E-state index contributed by atoms with van der Waals surface area (Å²) in [5, 5.41) is 0.350. The van der Waals surface area contributed by atoms with E-state index in [0.29, 0.717) is 5.39 Å². The number of pyridine rings is 2. The molecule has 0 bridgehead atoms. The number of ether oxygens (including phenoxy) is 2. The number of fused-ring (bicyclic) bond motifs is 1. The van der Waals surface area contributed by atoms with Crippen LogP contribution in [-0.2, 0) is 4.74 Å². The molecule has 5 nitrogen and oxygen atoms in total. The molecule has 19 heavy (non-hydrogen) atoms. The largest absolute Gasteiger partial charge is 0.461 e. The zero-order valence-electron chi connectivity index (χ0n) is 9.97. The number of carbonyl (C=O) groups excluding carboxylic acids is 1. The van der Waals surface area contributed by atoms with Crippen LogP contribution >= 0.6 is 0 Å². The van der Waals surface area contributed by atoms with Gasteiger partial charge in [-0.3, -0.25) is 4.98 Å². The van der Waals surface area contributed by atoms with Crippen LogP contribution < -0.4 is 4.74 Å². The summed E-state index contributed by atoms with van der Waals surface area (Å²) in [6, 6.07) is 2.61. The first-order valence-corrected chi connectivity index (χ1v) is 5.48. The van der Waals surface area contributed by atoms with Gasteiger partial charge < -0.3 is 9.47 Å². The van der Waals surface area contributed by atoms with Crippen molar-refractivity contribution in [2.24, 2.45) is 0 Å². The molecular weight excluding hydrogens is 258 g/mol. The molecule has 0 fully saturated rings. The molecule has 0 saturated heterocycles. The number of hydrogen-bond donors (Lipinski definition) is 0. The number of hydrogen-bond acceptors (Lipinski definition) is 5. The predicted octanol–water partition coefficient (Wildman–Crippen LogP) is 2.41. The van der Waals surface area contributed by atoms with Gasteiger partial charge in [0.2, 0.25) is 0 Å². The van der Waals surface area contributed by atoms with Gasteiger partial charge in [0.25, 0.3) is 0 Å². The van der Waals surface area contributed by atoms with Crippen LogP contribution in [-0.4, -0.2) is 29.2 Å². The fourth-order valence-corrected chi connectivity index (χ4v) is 1.55. The number of halogens is 2. The summed E-state index contributed by atoms with van der Waals surface area (Å²) in [5.41, 5.74) is 0.182. The van der Waals surface area contributed by atoms with Gasteiger partial charge in [-0.05, 0) is 13.0 Å². The second-order valence-electron chi connectivity index (χ2n) is 3.50. The maximum Gasteiger partial charge on any atom is 0.387 e. The van der Waals surface area contributed by atoms with Crippen molar-refractivity contribution < 1.29 is 23.0 Å². The minimum Gasteiger partial charge on any atom is -0.461 e. The Balaban J connectivity index is 2.53. The van der Waals surface area contributed by atoms with Crippen LogP contribution in [0.5, 0.6) is 5.75 Å². The molecule has 2 rings (SSSR count). The van der Waals surface area contributed by atoms with E-state index in [2.05, 4.69) is 14.7 Å². The Bertz CT molecular complexity index is 605. The number of alkyl halides is 2. The maximum absolute atomic E-state index is 12.4. The molecular formula is C12H10F2N2O3. The molecule has 2 aromatic rings. The van der Waals surface area contributed by atoms with Gasteiger partial charge in [-0.2, -0.15) is 8.78 Å². The van der Waals surface area contributed by atoms with Crippen molar-refractivity contribution in [1.82, 2.24) is 9.97 Å². The summed E-state index contributed by atoms with van der Waals surface area (Å²) in [5.74, 6) is -0.835. The Morgan fingerprint density at radius 2 is 2.26 bits per heavy atom. The molecule has 0 saturated carbocycles. The van der Waals surface area contributed by atoms with Crippen molar-refractivity contribution in [2.45, 2.75) is 13.5 Å². The lowest BCUT2D eigenvalue weighted by Gasteiger charge is -2.09. The van der Waals surface area contributed by atoms with E-state index in [1.807, 2.05) is 0 Å². The Kier molecular flexibility index (Phi) is 3.84. The van der Waals surface area contributed by atoms with E-state index >= 15 is 0 Å². The minimum absolute atomic E-state index is 0.0991. The third kappa shape index (κ3) is 2.93. The molecule has 2 heterocycles. The number of rotatable bonds is 4. The summed E-state index contributed by atoms with van der Waals surface area (Å²) in [4.78, 5) is 19.4. The van der Waals surface area contributed by atoms with Crippen LogP contribution in [0.1, 0.15) is 17.4 Å². The normalized spacial score (nSPS) is 10.7. The molecule has 0 aliphatic rings. The van der Waals surface area contributed by atoms with E-state index in [0.717, 1.165) is 6.07 Å². The Morgan fingerprint density at radius 3 is 2.95 bits per heavy atom. The topological polar surface area (TPSA) is 61.3 Å². The summed E-state index contributed by atoms with van der Waals surface area (Å²) in [6.07, 6.45) is 2.78. The molecule has 0 N–H and O–H groups in total. The molecule has 0 spiro atoms. The fraction of sp³-hybridized carbons (Fsp3) is 0.250. The highest BCUT2D eigenvalue weighted by molar-refractivity contribution is 5.93. The zero-order chi connectivity index (χ0) is 13.8. The van der Waals surface area contributed by atoms with Crippen LogP contribution in [0.4, 0.5) is 8.78 Å². The van der Waals surface area contributed by atoms with Crippen molar-refractivity contribution in [1.29, 1.82) is 0 Å². The molecule has 0 atom stereocenters. The lowest BCUT2D eigenvalue weighted by molar-refractivity contribution is -0.0489. The van der Waals surface area contributed by atoms with Crippen molar-refractivity contribution in [3.8, 4) is 5.75 Å². The van der Waals surface area contributed by atoms with Gasteiger partial charge in [0, 0.05) is 17.6 Å². The quantitative estimate of drug-likeness (QED) is 0.797. The first kappa shape index (κ1) is 13.1. The van der Waals surface area contributed by atoms with Crippen molar-refractivity contribution in [3.63, 3.8) is 0 Å². The van der Waals surface area contributed by atoms with E-state index in [4.69, 9.17) is 4.74 Å². The highest BCUT2D eigenvalue weighted by atomic mass is 19.3. The van der Waals surface area contributed by atoms with Gasteiger partial charge in [-0.25, -0.2) is 9.78 Å². The van der Waals surface area contributed by atoms with Crippen LogP contribution in [0.2, 0.25) is 0 Å². The summed E-state index contributed by atoms with van der Waals surface area (Å²) in [7, 11) is 0. The van der Waals surface area contributed by atoms with Gasteiger partial charge in [0.15, 0.2) is 5.69 Å². The monoisotopic (exact) mass is 268 g/mol. The Morgan fingerprint density at radius 1 is 1.47 bits per heavy atom. The lowest BCUT2D eigenvalue weighted by atomic mass is 10.2. The predicted molar refractivity (Wildman–Crippen MR) is 62.1 cm³/mol. The number of esters is 1. The van der Waals surface area contributed by atoms with E-state index < -0.39 is 12.6 Å². The third-order valence-corrected chi connectivity index (χ3v) is 2.27. The second-order valence-corrected chi connectivity index (χ2v) is 3.50. The number of carbonyl (C=O) groups is 1. The molecule has 0 aliphatic carbocycles. The molecule has 7 heteroatoms. The van der Waals surface area contributed by atoms with Gasteiger partial charge in [0.05, 0.1) is 18.3 Å². The molecule has 100 valence electrons. The highest BCUT2D eigenvalue weighted by Crippen LogP contribution is 2.26. The first-order valence-electron chi connectivity index (χ1n) is 5.48. The summed E-state index contributed by atoms with van der Waals surface area (Å²) < 4.78 is 33.9. The maximum atomic E-state index is 12.4. The van der Waals surface area contributed by atoms with Crippen molar-refractivity contribution in [3.05, 3.63) is 30.2 Å². The average molecular weight is 268 g/mol. The van der Waals surface area contributed by atoms with Crippen LogP contribution in [0.15, 0.2) is 24.5 Å². The molecule has 0 radical (unpaired) electrons. The van der Waals surface area contributed by atoms with E-state index in [1.54, 1.807) is 6.92 Å². The van der Waals surface area contributed by atoms with E-state index in [1.165, 1.54) is 18.5 Å². The third-order valence-electron chi connectivity index (χ3n) is 2.27. The van der Waals surface area contributed by atoms with Crippen molar-refractivity contribution >= 4 is 16.9 Å². The van der Waals surface area contributed by atoms with Gasteiger partial charge in [-0.1, -0.05) is 0 Å². The Labute approximate surface area is 107 Å². The van der Waals surface area contributed by atoms with Gasteiger partial charge in [0.1, 0.15) is 5.75 Å². The first-order chi connectivity index (χ1) is 9.11. The molecule has 0 unspecified atom stereocenters. The SMILES string of the molecule is CCOC(=O)c1cc(OC(F)F)c2ccncc2n1. The number of nitrogens with zero attached hydrogens (tertiary/aromatic N) is 2. The van der Waals surface area contributed by atoms with Crippen LogP contribution in [0.25, 0.3) is 10.9 Å². The molecule has 0 amide bonds. The summed E-state index contributed by atoms with van der Waals surface area (Å²) >= 11 is 0. The van der Waals surface area contributed by atoms with Gasteiger partial charge >= 0.3 is 12.6 Å². The van der Waals surface area contributed by atoms with E-state index in [-0.39, 0.29) is 23.6 Å². The standard InChI is InChI=1S/C12H10F2N2O3/c1-2-18-11(17)8-5-10(19-12(13)14)7-3-4-15-6-9(7)16-8/h3-6,12H,2H2,1H3. The zero-order valence-corrected chi connectivity index (χ0v) is 9.97. The average Bonchev–Trinajstić information content (AvgIpc) is 2.38.